The van der Waals surface area contributed by atoms with Gasteiger partial charge in [0.05, 0.1) is 4.47 Å². The number of nitrogens with two attached hydrogens (primary N) is 1. The van der Waals surface area contributed by atoms with Crippen LogP contribution in [0.1, 0.15) is 18.7 Å². The van der Waals surface area contributed by atoms with Crippen LogP contribution >= 0.6 is 15.9 Å². The minimum Gasteiger partial charge on any atom is -0.354 e. The first-order valence-corrected chi connectivity index (χ1v) is 5.96. The fourth-order valence-electron chi connectivity index (χ4n) is 1.87. The van der Waals surface area contributed by atoms with Gasteiger partial charge in [0, 0.05) is 25.3 Å². The molecular weight excluding hydrogens is 256 g/mol. The molecule has 1 aliphatic rings. The first-order valence-electron chi connectivity index (χ1n) is 5.16. The van der Waals surface area contributed by atoms with Crippen LogP contribution in [0.25, 0.3) is 0 Å². The Balaban J connectivity index is 2.24. The van der Waals surface area contributed by atoms with Gasteiger partial charge in [-0.2, -0.15) is 0 Å². The normalized spacial score (nSPS) is 21.8. The van der Waals surface area contributed by atoms with Crippen molar-refractivity contribution in [1.82, 2.24) is 9.97 Å². The standard InChI is InChI=1S/C10H15BrN4/c1-7-13-5-9(11)10(14-7)15-4-2-3-8(12)6-15/h5,8H,2-4,6,12H2,1H3. The third-order valence-electron chi connectivity index (χ3n) is 2.60. The molecule has 1 atom stereocenters. The molecule has 0 aliphatic carbocycles. The molecular formula is C10H15BrN4. The van der Waals surface area contributed by atoms with Crippen molar-refractivity contribution in [2.45, 2.75) is 25.8 Å². The second-order valence-corrected chi connectivity index (χ2v) is 4.79. The van der Waals surface area contributed by atoms with Crippen LogP contribution in [0.3, 0.4) is 0 Å². The highest BCUT2D eigenvalue weighted by atomic mass is 79.9. The number of hydrogen-bond donors (Lipinski definition) is 1. The molecule has 0 amide bonds. The summed E-state index contributed by atoms with van der Waals surface area (Å²) in [6.45, 7) is 3.82. The van der Waals surface area contributed by atoms with Crippen LogP contribution in [0.4, 0.5) is 5.82 Å². The van der Waals surface area contributed by atoms with Crippen molar-refractivity contribution >= 4 is 21.7 Å². The van der Waals surface area contributed by atoms with Crippen LogP contribution in [-0.2, 0) is 0 Å². The number of anilines is 1. The van der Waals surface area contributed by atoms with Crippen LogP contribution in [0.2, 0.25) is 0 Å². The van der Waals surface area contributed by atoms with E-state index in [0.29, 0.717) is 0 Å². The summed E-state index contributed by atoms with van der Waals surface area (Å²) < 4.78 is 0.946. The van der Waals surface area contributed by atoms with Gasteiger partial charge in [0.15, 0.2) is 0 Å². The Labute approximate surface area is 98.0 Å². The van der Waals surface area contributed by atoms with E-state index < -0.39 is 0 Å². The highest BCUT2D eigenvalue weighted by molar-refractivity contribution is 9.10. The van der Waals surface area contributed by atoms with Crippen LogP contribution in [0, 0.1) is 6.92 Å². The van der Waals surface area contributed by atoms with E-state index in [4.69, 9.17) is 5.73 Å². The van der Waals surface area contributed by atoms with E-state index in [9.17, 15) is 0 Å². The van der Waals surface area contributed by atoms with Crippen molar-refractivity contribution in [3.63, 3.8) is 0 Å². The molecule has 1 aliphatic heterocycles. The molecule has 1 aromatic heterocycles. The maximum atomic E-state index is 5.95. The smallest absolute Gasteiger partial charge is 0.146 e. The number of rotatable bonds is 1. The zero-order valence-corrected chi connectivity index (χ0v) is 10.4. The van der Waals surface area contributed by atoms with Gasteiger partial charge in [-0.1, -0.05) is 0 Å². The number of nitrogens with zero attached hydrogens (tertiary/aromatic N) is 3. The van der Waals surface area contributed by atoms with Crippen molar-refractivity contribution in [2.24, 2.45) is 5.73 Å². The molecule has 15 heavy (non-hydrogen) atoms. The Kier molecular flexibility index (Phi) is 3.21. The second kappa shape index (κ2) is 4.45. The van der Waals surface area contributed by atoms with E-state index in [0.717, 1.165) is 42.0 Å². The van der Waals surface area contributed by atoms with Crippen molar-refractivity contribution < 1.29 is 0 Å². The quantitative estimate of drug-likeness (QED) is 0.840. The highest BCUT2D eigenvalue weighted by Crippen LogP contribution is 2.25. The van der Waals surface area contributed by atoms with Crippen molar-refractivity contribution in [3.8, 4) is 0 Å². The second-order valence-electron chi connectivity index (χ2n) is 3.94. The fraction of sp³-hybridized carbons (Fsp3) is 0.600. The molecule has 0 saturated carbocycles. The van der Waals surface area contributed by atoms with Crippen LogP contribution in [0.15, 0.2) is 10.7 Å². The number of halogens is 1. The Morgan fingerprint density at radius 2 is 2.40 bits per heavy atom. The molecule has 1 aromatic rings. The van der Waals surface area contributed by atoms with E-state index in [1.54, 1.807) is 6.20 Å². The van der Waals surface area contributed by atoms with Gasteiger partial charge in [0.25, 0.3) is 0 Å². The molecule has 1 unspecified atom stereocenters. The Morgan fingerprint density at radius 1 is 1.60 bits per heavy atom. The van der Waals surface area contributed by atoms with Gasteiger partial charge in [0.2, 0.25) is 0 Å². The van der Waals surface area contributed by atoms with E-state index >= 15 is 0 Å². The lowest BCUT2D eigenvalue weighted by Gasteiger charge is -2.32. The number of hydrogen-bond acceptors (Lipinski definition) is 4. The summed E-state index contributed by atoms with van der Waals surface area (Å²) in [4.78, 5) is 10.8. The third kappa shape index (κ3) is 2.46. The van der Waals surface area contributed by atoms with E-state index in [-0.39, 0.29) is 6.04 Å². The summed E-state index contributed by atoms with van der Waals surface area (Å²) in [6, 6.07) is 0.265. The van der Waals surface area contributed by atoms with Crippen molar-refractivity contribution in [2.75, 3.05) is 18.0 Å². The number of piperidine rings is 1. The fourth-order valence-corrected chi connectivity index (χ4v) is 2.31. The summed E-state index contributed by atoms with van der Waals surface area (Å²) in [5.74, 6) is 1.77. The van der Waals surface area contributed by atoms with E-state index in [2.05, 4.69) is 30.8 Å². The topological polar surface area (TPSA) is 55.0 Å². The van der Waals surface area contributed by atoms with Gasteiger partial charge in [0.1, 0.15) is 11.6 Å². The first-order chi connectivity index (χ1) is 7.16. The lowest BCUT2D eigenvalue weighted by Crippen LogP contribution is -2.43. The molecule has 1 saturated heterocycles. The predicted octanol–water partition coefficient (Wildman–Crippen LogP) is 1.48. The summed E-state index contributed by atoms with van der Waals surface area (Å²) in [6.07, 6.45) is 4.05. The maximum absolute atomic E-state index is 5.95. The molecule has 1 fully saturated rings. The molecule has 2 rings (SSSR count). The van der Waals surface area contributed by atoms with Gasteiger partial charge in [-0.15, -0.1) is 0 Å². The van der Waals surface area contributed by atoms with Crippen LogP contribution in [-0.4, -0.2) is 29.1 Å². The van der Waals surface area contributed by atoms with Crippen LogP contribution in [0.5, 0.6) is 0 Å². The lowest BCUT2D eigenvalue weighted by molar-refractivity contribution is 0.502. The van der Waals surface area contributed by atoms with Crippen LogP contribution < -0.4 is 10.6 Å². The Hall–Kier alpha value is -0.680. The van der Waals surface area contributed by atoms with Crippen molar-refractivity contribution in [3.05, 3.63) is 16.5 Å². The predicted molar refractivity (Wildman–Crippen MR) is 63.9 cm³/mol. The monoisotopic (exact) mass is 270 g/mol. The molecule has 82 valence electrons. The zero-order valence-electron chi connectivity index (χ0n) is 8.78. The summed E-state index contributed by atoms with van der Waals surface area (Å²) >= 11 is 3.48. The molecule has 0 aromatic carbocycles. The molecule has 2 N–H and O–H groups in total. The van der Waals surface area contributed by atoms with E-state index in [1.165, 1.54) is 0 Å². The molecule has 0 spiro atoms. The zero-order chi connectivity index (χ0) is 10.8. The molecule has 5 heteroatoms. The first kappa shape index (κ1) is 10.8. The maximum Gasteiger partial charge on any atom is 0.146 e. The molecule has 4 nitrogen and oxygen atoms in total. The average molecular weight is 271 g/mol. The summed E-state index contributed by atoms with van der Waals surface area (Å²) in [5.41, 5.74) is 5.95. The molecule has 2 heterocycles. The number of aromatic nitrogens is 2. The van der Waals surface area contributed by atoms with Gasteiger partial charge >= 0.3 is 0 Å². The summed E-state index contributed by atoms with van der Waals surface area (Å²) in [5, 5.41) is 0. The Morgan fingerprint density at radius 3 is 3.13 bits per heavy atom. The SMILES string of the molecule is Cc1ncc(Br)c(N2CCCC(N)C2)n1. The van der Waals surface area contributed by atoms with Gasteiger partial charge in [-0.3, -0.25) is 0 Å². The molecule has 0 bridgehead atoms. The lowest BCUT2D eigenvalue weighted by atomic mass is 10.1. The third-order valence-corrected chi connectivity index (χ3v) is 3.16. The average Bonchev–Trinajstić information content (AvgIpc) is 2.22. The minimum atomic E-state index is 0.265. The molecule has 0 radical (unpaired) electrons. The summed E-state index contributed by atoms with van der Waals surface area (Å²) in [7, 11) is 0. The van der Waals surface area contributed by atoms with E-state index in [1.807, 2.05) is 6.92 Å². The Bertz CT molecular complexity index is 355. The van der Waals surface area contributed by atoms with Gasteiger partial charge < -0.3 is 10.6 Å². The van der Waals surface area contributed by atoms with Crippen molar-refractivity contribution in [1.29, 1.82) is 0 Å². The number of aryl methyl sites for hydroxylation is 1. The minimum absolute atomic E-state index is 0.265. The highest BCUT2D eigenvalue weighted by Gasteiger charge is 2.19. The van der Waals surface area contributed by atoms with Gasteiger partial charge in [-0.05, 0) is 35.7 Å². The van der Waals surface area contributed by atoms with Gasteiger partial charge in [-0.25, -0.2) is 9.97 Å². The largest absolute Gasteiger partial charge is 0.354 e.